The van der Waals surface area contributed by atoms with Gasteiger partial charge in [-0.2, -0.15) is 0 Å². The molecule has 5 heteroatoms. The number of esters is 2. The van der Waals surface area contributed by atoms with E-state index in [2.05, 4.69) is 20.8 Å². The molecule has 0 radical (unpaired) electrons. The van der Waals surface area contributed by atoms with Crippen LogP contribution in [0.5, 0.6) is 0 Å². The maximum absolute atomic E-state index is 12.5. The van der Waals surface area contributed by atoms with Crippen LogP contribution in [0.1, 0.15) is 73.6 Å². The summed E-state index contributed by atoms with van der Waals surface area (Å²) >= 11 is 0. The van der Waals surface area contributed by atoms with E-state index >= 15 is 0 Å². The molecular weight excluding hydrogens is 380 g/mol. The van der Waals surface area contributed by atoms with E-state index in [1.54, 1.807) is 0 Å². The van der Waals surface area contributed by atoms with E-state index in [1.807, 2.05) is 32.9 Å². The molecule has 0 aromatic heterocycles. The fraction of sp³-hybridized carbons (Fsp3) is 0.720. The van der Waals surface area contributed by atoms with Gasteiger partial charge in [0.1, 0.15) is 6.61 Å². The van der Waals surface area contributed by atoms with Gasteiger partial charge in [-0.3, -0.25) is 9.59 Å². The van der Waals surface area contributed by atoms with Gasteiger partial charge >= 0.3 is 11.9 Å². The molecule has 0 aromatic rings. The van der Waals surface area contributed by atoms with Gasteiger partial charge in [-0.05, 0) is 88.2 Å². The Morgan fingerprint density at radius 1 is 1.27 bits per heavy atom. The number of ether oxygens (including phenoxy) is 2. The summed E-state index contributed by atoms with van der Waals surface area (Å²) in [4.78, 5) is 36.9. The second kappa shape index (κ2) is 7.97. The largest absolute Gasteiger partial charge is 0.465 e. The van der Waals surface area contributed by atoms with E-state index in [0.29, 0.717) is 26.1 Å². The molecule has 5 nitrogen and oxygen atoms in total. The van der Waals surface area contributed by atoms with Crippen LogP contribution in [0.25, 0.3) is 0 Å². The van der Waals surface area contributed by atoms with Crippen molar-refractivity contribution in [3.8, 4) is 0 Å². The Bertz CT molecular complexity index is 799. The Labute approximate surface area is 180 Å². The minimum atomic E-state index is -0.544. The number of carbonyl (C=O) groups excluding carboxylic acids is 3. The third kappa shape index (κ3) is 4.13. The molecule has 0 spiro atoms. The van der Waals surface area contributed by atoms with Crippen molar-refractivity contribution in [3.05, 3.63) is 23.3 Å². The highest BCUT2D eigenvalue weighted by atomic mass is 16.5. The van der Waals surface area contributed by atoms with Crippen LogP contribution in [-0.4, -0.2) is 30.9 Å². The van der Waals surface area contributed by atoms with E-state index in [0.717, 1.165) is 30.4 Å². The predicted molar refractivity (Wildman–Crippen MR) is 114 cm³/mol. The van der Waals surface area contributed by atoms with Gasteiger partial charge in [0.25, 0.3) is 0 Å². The average molecular weight is 417 g/mol. The smallest absolute Gasteiger partial charge is 0.334 e. The third-order valence-corrected chi connectivity index (χ3v) is 7.96. The van der Waals surface area contributed by atoms with Crippen molar-refractivity contribution in [3.63, 3.8) is 0 Å². The summed E-state index contributed by atoms with van der Waals surface area (Å²) < 4.78 is 10.8. The first kappa shape index (κ1) is 22.8. The van der Waals surface area contributed by atoms with Gasteiger partial charge in [0.2, 0.25) is 0 Å². The second-order valence-corrected chi connectivity index (χ2v) is 10.9. The lowest BCUT2D eigenvalue weighted by Gasteiger charge is -2.58. The number of ketones is 1. The van der Waals surface area contributed by atoms with Crippen molar-refractivity contribution in [1.29, 1.82) is 0 Å². The zero-order chi connectivity index (χ0) is 22.3. The van der Waals surface area contributed by atoms with Gasteiger partial charge < -0.3 is 9.47 Å². The minimum Gasteiger partial charge on any atom is -0.465 e. The molecule has 1 heterocycles. The summed E-state index contributed by atoms with van der Waals surface area (Å²) in [5, 5.41) is 0. The third-order valence-electron chi connectivity index (χ3n) is 7.96. The highest BCUT2D eigenvalue weighted by molar-refractivity contribution is 5.92. The fourth-order valence-corrected chi connectivity index (χ4v) is 5.63. The van der Waals surface area contributed by atoms with Gasteiger partial charge in [0.05, 0.1) is 12.0 Å². The molecule has 0 amide bonds. The van der Waals surface area contributed by atoms with Crippen LogP contribution in [0.4, 0.5) is 0 Å². The summed E-state index contributed by atoms with van der Waals surface area (Å²) in [6, 6.07) is 0. The lowest BCUT2D eigenvalue weighted by atomic mass is 9.46. The molecule has 4 atom stereocenters. The topological polar surface area (TPSA) is 69.7 Å². The average Bonchev–Trinajstić information content (AvgIpc) is 3.06. The van der Waals surface area contributed by atoms with E-state index in [-0.39, 0.29) is 40.4 Å². The minimum absolute atomic E-state index is 0.0439. The number of cyclic esters (lactones) is 1. The quantitative estimate of drug-likeness (QED) is 0.602. The Morgan fingerprint density at radius 2 is 1.97 bits per heavy atom. The van der Waals surface area contributed by atoms with Gasteiger partial charge in [0, 0.05) is 12.0 Å². The van der Waals surface area contributed by atoms with Gasteiger partial charge in [0.15, 0.2) is 5.78 Å². The summed E-state index contributed by atoms with van der Waals surface area (Å²) in [6.45, 7) is 12.9. The highest BCUT2D eigenvalue weighted by Crippen LogP contribution is 2.61. The molecule has 0 N–H and O–H groups in total. The number of hydrogen-bond donors (Lipinski definition) is 0. The maximum atomic E-state index is 12.5. The van der Waals surface area contributed by atoms with Gasteiger partial charge in [-0.25, -0.2) is 4.79 Å². The molecule has 0 aromatic carbocycles. The fourth-order valence-electron chi connectivity index (χ4n) is 5.63. The molecular formula is C25H36O5. The second-order valence-electron chi connectivity index (χ2n) is 10.9. The SMILES string of the molecule is CC1=CC(=O)C[C@H]2[C@](C)(CCC3=CCOC3=O)[C@H](COC(=O)C(C)(C)C)CC[C@]12C. The van der Waals surface area contributed by atoms with Gasteiger partial charge in [-0.1, -0.05) is 19.4 Å². The molecule has 1 saturated carbocycles. The van der Waals surface area contributed by atoms with E-state index in [9.17, 15) is 14.4 Å². The summed E-state index contributed by atoms with van der Waals surface area (Å²) in [5.41, 5.74) is 1.07. The summed E-state index contributed by atoms with van der Waals surface area (Å²) in [7, 11) is 0. The first-order chi connectivity index (χ1) is 13.9. The summed E-state index contributed by atoms with van der Waals surface area (Å²) in [6.07, 6.45) is 7.50. The van der Waals surface area contributed by atoms with Gasteiger partial charge in [-0.15, -0.1) is 0 Å². The lowest BCUT2D eigenvalue weighted by Crippen LogP contribution is -2.53. The molecule has 30 heavy (non-hydrogen) atoms. The number of allylic oxidation sites excluding steroid dienone is 2. The molecule has 166 valence electrons. The zero-order valence-corrected chi connectivity index (χ0v) is 19.3. The van der Waals surface area contributed by atoms with Crippen LogP contribution < -0.4 is 0 Å². The number of carbonyl (C=O) groups is 3. The Morgan fingerprint density at radius 3 is 2.57 bits per heavy atom. The van der Waals surface area contributed by atoms with Crippen LogP contribution >= 0.6 is 0 Å². The van der Waals surface area contributed by atoms with Crippen molar-refractivity contribution in [2.75, 3.05) is 13.2 Å². The van der Waals surface area contributed by atoms with Crippen molar-refractivity contribution in [1.82, 2.24) is 0 Å². The van der Waals surface area contributed by atoms with Crippen LogP contribution in [0.2, 0.25) is 0 Å². The van der Waals surface area contributed by atoms with E-state index in [1.165, 1.54) is 0 Å². The van der Waals surface area contributed by atoms with Crippen LogP contribution in [0.3, 0.4) is 0 Å². The van der Waals surface area contributed by atoms with Crippen molar-refractivity contribution in [2.45, 2.75) is 73.6 Å². The number of rotatable bonds is 5. The first-order valence-electron chi connectivity index (χ1n) is 11.1. The molecule has 0 unspecified atom stereocenters. The predicted octanol–water partition coefficient (Wildman–Crippen LogP) is 4.80. The molecule has 2 aliphatic carbocycles. The lowest BCUT2D eigenvalue weighted by molar-refractivity contribution is -0.160. The van der Waals surface area contributed by atoms with Crippen molar-refractivity contribution < 1.29 is 23.9 Å². The molecule has 3 rings (SSSR count). The number of fused-ring (bicyclic) bond motifs is 1. The van der Waals surface area contributed by atoms with Crippen LogP contribution in [0, 0.1) is 28.1 Å². The zero-order valence-electron chi connectivity index (χ0n) is 19.3. The Balaban J connectivity index is 1.88. The van der Waals surface area contributed by atoms with E-state index < -0.39 is 5.41 Å². The molecule has 3 aliphatic rings. The van der Waals surface area contributed by atoms with E-state index in [4.69, 9.17) is 9.47 Å². The Hall–Kier alpha value is -1.91. The van der Waals surface area contributed by atoms with Crippen molar-refractivity contribution in [2.24, 2.45) is 28.1 Å². The highest BCUT2D eigenvalue weighted by Gasteiger charge is 2.56. The molecule has 0 bridgehead atoms. The standard InChI is InChI=1S/C25H36O5/c1-16-13-19(26)14-20-24(16,5)11-8-18(15-30-22(28)23(2,3)4)25(20,6)10-7-17-9-12-29-21(17)27/h9,13,18,20H,7-8,10-12,14-15H2,1-6H3/t18-,20+,24+,25+/m0/s1. The Kier molecular flexibility index (Phi) is 6.05. The molecule has 0 saturated heterocycles. The maximum Gasteiger partial charge on any atom is 0.334 e. The van der Waals surface area contributed by atoms with Crippen LogP contribution in [0.15, 0.2) is 23.3 Å². The summed E-state index contributed by atoms with van der Waals surface area (Å²) in [5.74, 6) is 0.0546. The molecule has 1 fully saturated rings. The normalized spacial score (nSPS) is 34.1. The van der Waals surface area contributed by atoms with Crippen LogP contribution in [-0.2, 0) is 23.9 Å². The molecule has 1 aliphatic heterocycles. The first-order valence-corrected chi connectivity index (χ1v) is 11.1. The number of hydrogen-bond acceptors (Lipinski definition) is 5. The monoisotopic (exact) mass is 416 g/mol. The van der Waals surface area contributed by atoms with Crippen molar-refractivity contribution >= 4 is 17.7 Å².